The molecule has 2 rings (SSSR count). The molecule has 0 aromatic carbocycles. The zero-order valence-corrected chi connectivity index (χ0v) is 12.3. The van der Waals surface area contributed by atoms with Crippen molar-refractivity contribution in [3.05, 3.63) is 41.7 Å². The molecule has 0 bridgehead atoms. The number of amides is 1. The largest absolute Gasteiger partial charge is 0.354 e. The molecule has 0 radical (unpaired) electrons. The van der Waals surface area contributed by atoms with Gasteiger partial charge in [-0.2, -0.15) is 0 Å². The minimum Gasteiger partial charge on any atom is -0.354 e. The lowest BCUT2D eigenvalue weighted by molar-refractivity contribution is 0.0927. The lowest BCUT2D eigenvalue weighted by atomic mass is 10.1. The Morgan fingerprint density at radius 3 is 2.80 bits per heavy atom. The number of aromatic amines is 1. The molecule has 0 aliphatic rings. The summed E-state index contributed by atoms with van der Waals surface area (Å²) in [5.41, 5.74) is 1.68. The van der Waals surface area contributed by atoms with Gasteiger partial charge in [-0.1, -0.05) is 20.3 Å². The van der Waals surface area contributed by atoms with Gasteiger partial charge in [0.05, 0.1) is 6.04 Å². The SMILES string of the molecule is CCC[C@@H](NC(=O)c1ccc(CC)[nH]1)c1nccn1C. The van der Waals surface area contributed by atoms with Crippen LogP contribution in [0.3, 0.4) is 0 Å². The maximum absolute atomic E-state index is 12.3. The van der Waals surface area contributed by atoms with Gasteiger partial charge in [0.15, 0.2) is 0 Å². The van der Waals surface area contributed by atoms with Crippen molar-refractivity contribution in [3.63, 3.8) is 0 Å². The van der Waals surface area contributed by atoms with Crippen molar-refractivity contribution in [2.75, 3.05) is 0 Å². The zero-order valence-electron chi connectivity index (χ0n) is 12.3. The van der Waals surface area contributed by atoms with E-state index >= 15 is 0 Å². The van der Waals surface area contributed by atoms with Crippen LogP contribution in [-0.4, -0.2) is 20.4 Å². The van der Waals surface area contributed by atoms with Gasteiger partial charge in [-0.15, -0.1) is 0 Å². The van der Waals surface area contributed by atoms with E-state index in [1.165, 1.54) is 0 Å². The number of rotatable bonds is 6. The highest BCUT2D eigenvalue weighted by Gasteiger charge is 2.19. The molecule has 5 heteroatoms. The maximum atomic E-state index is 12.3. The second-order valence-corrected chi connectivity index (χ2v) is 4.96. The third-order valence-electron chi connectivity index (χ3n) is 3.42. The van der Waals surface area contributed by atoms with Gasteiger partial charge in [-0.25, -0.2) is 4.98 Å². The summed E-state index contributed by atoms with van der Waals surface area (Å²) in [6.07, 6.45) is 6.41. The fourth-order valence-electron chi connectivity index (χ4n) is 2.28. The minimum absolute atomic E-state index is 0.0547. The van der Waals surface area contributed by atoms with Gasteiger partial charge in [-0.05, 0) is 25.0 Å². The van der Waals surface area contributed by atoms with Crippen LogP contribution in [0.5, 0.6) is 0 Å². The van der Waals surface area contributed by atoms with E-state index in [0.717, 1.165) is 30.8 Å². The normalized spacial score (nSPS) is 12.3. The number of aromatic nitrogens is 3. The molecule has 0 aliphatic heterocycles. The molecular formula is C15H22N4O. The highest BCUT2D eigenvalue weighted by Crippen LogP contribution is 2.17. The van der Waals surface area contributed by atoms with E-state index in [-0.39, 0.29) is 11.9 Å². The predicted molar refractivity (Wildman–Crippen MR) is 78.5 cm³/mol. The Morgan fingerprint density at radius 2 is 2.25 bits per heavy atom. The number of H-pyrrole nitrogens is 1. The van der Waals surface area contributed by atoms with E-state index < -0.39 is 0 Å². The first kappa shape index (κ1) is 14.4. The summed E-state index contributed by atoms with van der Waals surface area (Å²) < 4.78 is 1.95. The summed E-state index contributed by atoms with van der Waals surface area (Å²) in [4.78, 5) is 19.8. The van der Waals surface area contributed by atoms with Crippen molar-refractivity contribution in [2.24, 2.45) is 7.05 Å². The van der Waals surface area contributed by atoms with Gasteiger partial charge in [0.2, 0.25) is 0 Å². The van der Waals surface area contributed by atoms with Crippen molar-refractivity contribution in [1.29, 1.82) is 0 Å². The second-order valence-electron chi connectivity index (χ2n) is 4.96. The van der Waals surface area contributed by atoms with E-state index in [9.17, 15) is 4.79 Å². The van der Waals surface area contributed by atoms with Crippen molar-refractivity contribution < 1.29 is 4.79 Å². The monoisotopic (exact) mass is 274 g/mol. The molecule has 20 heavy (non-hydrogen) atoms. The van der Waals surface area contributed by atoms with Crippen LogP contribution in [0.1, 0.15) is 54.7 Å². The van der Waals surface area contributed by atoms with Crippen LogP contribution in [-0.2, 0) is 13.5 Å². The quantitative estimate of drug-likeness (QED) is 0.850. The van der Waals surface area contributed by atoms with Gasteiger partial charge in [0.1, 0.15) is 11.5 Å². The van der Waals surface area contributed by atoms with Crippen molar-refractivity contribution in [2.45, 2.75) is 39.2 Å². The molecule has 0 saturated carbocycles. The Balaban J connectivity index is 2.12. The molecule has 0 unspecified atom stereocenters. The third kappa shape index (κ3) is 3.10. The van der Waals surface area contributed by atoms with Crippen LogP contribution in [0, 0.1) is 0 Å². The fourth-order valence-corrected chi connectivity index (χ4v) is 2.28. The lowest BCUT2D eigenvalue weighted by Gasteiger charge is -2.17. The number of imidazole rings is 1. The fraction of sp³-hybridized carbons (Fsp3) is 0.467. The Labute approximate surface area is 119 Å². The average molecular weight is 274 g/mol. The first-order valence-electron chi connectivity index (χ1n) is 7.11. The molecule has 1 amide bonds. The summed E-state index contributed by atoms with van der Waals surface area (Å²) in [5, 5.41) is 3.06. The zero-order chi connectivity index (χ0) is 14.5. The van der Waals surface area contributed by atoms with Crippen molar-refractivity contribution in [3.8, 4) is 0 Å². The van der Waals surface area contributed by atoms with Crippen LogP contribution in [0.2, 0.25) is 0 Å². The van der Waals surface area contributed by atoms with Gasteiger partial charge in [0, 0.05) is 25.1 Å². The number of nitrogens with one attached hydrogen (secondary N) is 2. The summed E-state index contributed by atoms with van der Waals surface area (Å²) in [5.74, 6) is 0.814. The number of aryl methyl sites for hydroxylation is 2. The first-order chi connectivity index (χ1) is 9.65. The van der Waals surface area contributed by atoms with Crippen LogP contribution < -0.4 is 5.32 Å². The van der Waals surface area contributed by atoms with Gasteiger partial charge >= 0.3 is 0 Å². The molecule has 2 N–H and O–H groups in total. The molecule has 0 aliphatic carbocycles. The molecule has 2 aromatic rings. The lowest BCUT2D eigenvalue weighted by Crippen LogP contribution is -2.30. The molecule has 0 saturated heterocycles. The Bertz CT molecular complexity index is 570. The summed E-state index contributed by atoms with van der Waals surface area (Å²) in [6.45, 7) is 4.16. The van der Waals surface area contributed by atoms with Gasteiger partial charge in [0.25, 0.3) is 5.91 Å². The second kappa shape index (κ2) is 6.41. The number of carbonyl (C=O) groups excluding carboxylic acids is 1. The Morgan fingerprint density at radius 1 is 1.45 bits per heavy atom. The van der Waals surface area contributed by atoms with E-state index in [2.05, 4.69) is 29.1 Å². The molecule has 2 aromatic heterocycles. The van der Waals surface area contributed by atoms with Crippen LogP contribution in [0.25, 0.3) is 0 Å². The van der Waals surface area contributed by atoms with E-state index in [0.29, 0.717) is 5.69 Å². The summed E-state index contributed by atoms with van der Waals surface area (Å²) in [7, 11) is 1.95. The first-order valence-corrected chi connectivity index (χ1v) is 7.11. The van der Waals surface area contributed by atoms with Gasteiger partial charge < -0.3 is 14.9 Å². The third-order valence-corrected chi connectivity index (χ3v) is 3.42. The van der Waals surface area contributed by atoms with Crippen molar-refractivity contribution >= 4 is 5.91 Å². The van der Waals surface area contributed by atoms with E-state index in [4.69, 9.17) is 0 Å². The summed E-state index contributed by atoms with van der Waals surface area (Å²) >= 11 is 0. The number of carbonyl (C=O) groups is 1. The average Bonchev–Trinajstić information content (AvgIpc) is 3.06. The van der Waals surface area contributed by atoms with Crippen molar-refractivity contribution in [1.82, 2.24) is 19.9 Å². The molecule has 1 atom stereocenters. The van der Waals surface area contributed by atoms with Crippen LogP contribution >= 0.6 is 0 Å². The molecule has 0 spiro atoms. The highest BCUT2D eigenvalue weighted by molar-refractivity contribution is 5.92. The maximum Gasteiger partial charge on any atom is 0.268 e. The van der Waals surface area contributed by atoms with Gasteiger partial charge in [-0.3, -0.25) is 4.79 Å². The minimum atomic E-state index is -0.0776. The standard InChI is InChI=1S/C15H22N4O/c1-4-6-12(14-16-9-10-19(14)3)18-15(20)13-8-7-11(5-2)17-13/h7-10,12,17H,4-6H2,1-3H3,(H,18,20)/t12-/m1/s1. The van der Waals surface area contributed by atoms with E-state index in [1.54, 1.807) is 6.20 Å². The van der Waals surface area contributed by atoms with Crippen LogP contribution in [0.4, 0.5) is 0 Å². The Hall–Kier alpha value is -2.04. The Kier molecular flexibility index (Phi) is 4.61. The number of hydrogen-bond acceptors (Lipinski definition) is 2. The molecule has 108 valence electrons. The molecule has 0 fully saturated rings. The van der Waals surface area contributed by atoms with Crippen LogP contribution in [0.15, 0.2) is 24.5 Å². The number of hydrogen-bond donors (Lipinski definition) is 2. The molecular weight excluding hydrogens is 252 g/mol. The highest BCUT2D eigenvalue weighted by atomic mass is 16.1. The molecule has 5 nitrogen and oxygen atoms in total. The van der Waals surface area contributed by atoms with E-state index in [1.807, 2.05) is 29.9 Å². The summed E-state index contributed by atoms with van der Waals surface area (Å²) in [6, 6.07) is 3.72. The molecule has 2 heterocycles. The smallest absolute Gasteiger partial charge is 0.268 e. The number of nitrogens with zero attached hydrogens (tertiary/aromatic N) is 2. The predicted octanol–water partition coefficient (Wildman–Crippen LogP) is 2.58. The topological polar surface area (TPSA) is 62.7 Å².